The molecule has 2 rings (SSSR count). The third-order valence-electron chi connectivity index (χ3n) is 3.49. The van der Waals surface area contributed by atoms with Crippen LogP contribution in [0.3, 0.4) is 0 Å². The number of halogens is 1. The highest BCUT2D eigenvalue weighted by Gasteiger charge is 2.32. The molecule has 6 heteroatoms. The molecule has 1 aromatic carbocycles. The van der Waals surface area contributed by atoms with E-state index in [-0.39, 0.29) is 6.04 Å². The van der Waals surface area contributed by atoms with E-state index in [0.29, 0.717) is 42.3 Å². The zero-order valence-electron chi connectivity index (χ0n) is 13.6. The van der Waals surface area contributed by atoms with Crippen LogP contribution in [0.1, 0.15) is 39.2 Å². The van der Waals surface area contributed by atoms with Crippen LogP contribution < -0.4 is 4.90 Å². The van der Waals surface area contributed by atoms with Crippen molar-refractivity contribution in [1.29, 1.82) is 5.26 Å². The summed E-state index contributed by atoms with van der Waals surface area (Å²) in [5.41, 5.74) is 0.263. The zero-order valence-corrected chi connectivity index (χ0v) is 14.4. The Labute approximate surface area is 141 Å². The average Bonchev–Trinajstić information content (AvgIpc) is 2.47. The first-order valence-electron chi connectivity index (χ1n) is 7.61. The Morgan fingerprint density at radius 1 is 1.39 bits per heavy atom. The summed E-state index contributed by atoms with van der Waals surface area (Å²) >= 11 is 6.08. The van der Waals surface area contributed by atoms with Crippen molar-refractivity contribution in [1.82, 2.24) is 0 Å². The monoisotopic (exact) mass is 336 g/mol. The van der Waals surface area contributed by atoms with Gasteiger partial charge in [0, 0.05) is 24.3 Å². The molecule has 0 bridgehead atoms. The van der Waals surface area contributed by atoms with Gasteiger partial charge < -0.3 is 9.47 Å². The Hall–Kier alpha value is -1.77. The van der Waals surface area contributed by atoms with Gasteiger partial charge in [0.25, 0.3) is 0 Å². The van der Waals surface area contributed by atoms with E-state index < -0.39 is 11.7 Å². The second-order valence-electron chi connectivity index (χ2n) is 6.47. The smallest absolute Gasteiger partial charge is 0.415 e. The van der Waals surface area contributed by atoms with Crippen molar-refractivity contribution in [3.05, 3.63) is 28.8 Å². The number of hydrogen-bond donors (Lipinski definition) is 0. The number of anilines is 1. The van der Waals surface area contributed by atoms with Crippen LogP contribution in [0.2, 0.25) is 5.02 Å². The minimum Gasteiger partial charge on any atom is -0.443 e. The first-order valence-corrected chi connectivity index (χ1v) is 7.99. The lowest BCUT2D eigenvalue weighted by Crippen LogP contribution is -2.46. The maximum atomic E-state index is 12.7. The Morgan fingerprint density at radius 3 is 2.61 bits per heavy atom. The number of hydrogen-bond acceptors (Lipinski definition) is 4. The number of amides is 1. The van der Waals surface area contributed by atoms with E-state index in [1.165, 1.54) is 0 Å². The van der Waals surface area contributed by atoms with Crippen LogP contribution >= 0.6 is 11.6 Å². The molecule has 0 N–H and O–H groups in total. The molecule has 0 radical (unpaired) electrons. The van der Waals surface area contributed by atoms with E-state index in [2.05, 4.69) is 6.07 Å². The fourth-order valence-electron chi connectivity index (χ4n) is 2.50. The zero-order chi connectivity index (χ0) is 17.0. The summed E-state index contributed by atoms with van der Waals surface area (Å²) in [5, 5.41) is 9.85. The molecule has 5 nitrogen and oxygen atoms in total. The SMILES string of the molecule is CC(C)(C)OC(=O)N(c1cc(Cl)ccc1C#N)C1CCOCC1. The van der Waals surface area contributed by atoms with Gasteiger partial charge in [0.1, 0.15) is 11.7 Å². The topological polar surface area (TPSA) is 62.6 Å². The highest BCUT2D eigenvalue weighted by molar-refractivity contribution is 6.31. The molecule has 1 fully saturated rings. The number of carbonyl (C=O) groups excluding carboxylic acids is 1. The molecule has 1 saturated heterocycles. The largest absolute Gasteiger partial charge is 0.443 e. The Balaban J connectivity index is 2.43. The van der Waals surface area contributed by atoms with Crippen LogP contribution in [0.5, 0.6) is 0 Å². The summed E-state index contributed by atoms with van der Waals surface area (Å²) in [4.78, 5) is 14.3. The minimum absolute atomic E-state index is 0.0795. The van der Waals surface area contributed by atoms with Crippen LogP contribution in [0.4, 0.5) is 10.5 Å². The predicted molar refractivity (Wildman–Crippen MR) is 88.7 cm³/mol. The fourth-order valence-corrected chi connectivity index (χ4v) is 2.66. The number of nitriles is 1. The quantitative estimate of drug-likeness (QED) is 0.814. The maximum absolute atomic E-state index is 12.7. The Kier molecular flexibility index (Phi) is 5.51. The molecule has 1 aliphatic heterocycles. The summed E-state index contributed by atoms with van der Waals surface area (Å²) in [6, 6.07) is 6.94. The maximum Gasteiger partial charge on any atom is 0.415 e. The highest BCUT2D eigenvalue weighted by atomic mass is 35.5. The minimum atomic E-state index is -0.619. The van der Waals surface area contributed by atoms with Crippen LogP contribution in [0.15, 0.2) is 18.2 Å². The van der Waals surface area contributed by atoms with Crippen molar-refractivity contribution in [3.8, 4) is 6.07 Å². The van der Waals surface area contributed by atoms with E-state index in [0.717, 1.165) is 0 Å². The number of ether oxygens (including phenoxy) is 2. The number of rotatable bonds is 2. The van der Waals surface area contributed by atoms with Gasteiger partial charge in [-0.05, 0) is 51.8 Å². The van der Waals surface area contributed by atoms with E-state index in [1.807, 2.05) is 20.8 Å². The van der Waals surface area contributed by atoms with Gasteiger partial charge in [0.15, 0.2) is 0 Å². The van der Waals surface area contributed by atoms with Crippen molar-refractivity contribution in [3.63, 3.8) is 0 Å². The summed E-state index contributed by atoms with van der Waals surface area (Å²) in [7, 11) is 0. The molecule has 0 aromatic heterocycles. The number of benzene rings is 1. The molecule has 1 aliphatic rings. The Morgan fingerprint density at radius 2 is 2.04 bits per heavy atom. The van der Waals surface area contributed by atoms with Gasteiger partial charge in [-0.3, -0.25) is 4.90 Å². The van der Waals surface area contributed by atoms with Crippen LogP contribution in [-0.2, 0) is 9.47 Å². The normalized spacial score (nSPS) is 15.8. The third-order valence-corrected chi connectivity index (χ3v) is 3.72. The van der Waals surface area contributed by atoms with E-state index in [1.54, 1.807) is 23.1 Å². The standard InChI is InChI=1S/C17H21ClN2O3/c1-17(2,3)23-16(21)20(14-6-8-22-9-7-14)15-10-13(18)5-4-12(15)11-19/h4-5,10,14H,6-9H2,1-3H3. The van der Waals surface area contributed by atoms with Gasteiger partial charge in [-0.1, -0.05) is 11.6 Å². The van der Waals surface area contributed by atoms with Crippen LogP contribution in [0, 0.1) is 11.3 Å². The highest BCUT2D eigenvalue weighted by Crippen LogP contribution is 2.30. The summed E-state index contributed by atoms with van der Waals surface area (Å²) in [6.45, 7) is 6.60. The van der Waals surface area contributed by atoms with Gasteiger partial charge in [-0.15, -0.1) is 0 Å². The molecule has 0 spiro atoms. The fraction of sp³-hybridized carbons (Fsp3) is 0.529. The van der Waals surface area contributed by atoms with Gasteiger partial charge in [0.2, 0.25) is 0 Å². The number of carbonyl (C=O) groups is 1. The summed E-state index contributed by atoms with van der Waals surface area (Å²) in [5.74, 6) is 0. The lowest BCUT2D eigenvalue weighted by atomic mass is 10.0. The molecular weight excluding hydrogens is 316 g/mol. The molecule has 1 aromatic rings. The van der Waals surface area contributed by atoms with Crippen LogP contribution in [0.25, 0.3) is 0 Å². The molecule has 0 unspecified atom stereocenters. The lowest BCUT2D eigenvalue weighted by Gasteiger charge is -2.36. The summed E-state index contributed by atoms with van der Waals surface area (Å²) < 4.78 is 10.9. The van der Waals surface area contributed by atoms with Crippen molar-refractivity contribution >= 4 is 23.4 Å². The average molecular weight is 337 g/mol. The van der Waals surface area contributed by atoms with Crippen molar-refractivity contribution < 1.29 is 14.3 Å². The summed E-state index contributed by atoms with van der Waals surface area (Å²) in [6.07, 6.45) is 0.913. The molecular formula is C17H21ClN2O3. The van der Waals surface area contributed by atoms with Gasteiger partial charge in [-0.25, -0.2) is 4.79 Å². The molecule has 1 amide bonds. The molecule has 23 heavy (non-hydrogen) atoms. The van der Waals surface area contributed by atoms with Gasteiger partial charge in [-0.2, -0.15) is 5.26 Å². The first kappa shape index (κ1) is 17.6. The second kappa shape index (κ2) is 7.20. The van der Waals surface area contributed by atoms with E-state index in [4.69, 9.17) is 21.1 Å². The van der Waals surface area contributed by atoms with Gasteiger partial charge in [0.05, 0.1) is 11.3 Å². The third kappa shape index (κ3) is 4.60. The van der Waals surface area contributed by atoms with Gasteiger partial charge >= 0.3 is 6.09 Å². The first-order chi connectivity index (χ1) is 10.8. The Bertz CT molecular complexity index is 613. The molecule has 0 aliphatic carbocycles. The van der Waals surface area contributed by atoms with Crippen LogP contribution in [-0.4, -0.2) is 30.9 Å². The molecule has 0 atom stereocenters. The molecule has 124 valence electrons. The number of nitrogens with zero attached hydrogens (tertiary/aromatic N) is 2. The van der Waals surface area contributed by atoms with Crippen molar-refractivity contribution in [2.24, 2.45) is 0 Å². The lowest BCUT2D eigenvalue weighted by molar-refractivity contribution is 0.0487. The second-order valence-corrected chi connectivity index (χ2v) is 6.90. The van der Waals surface area contributed by atoms with Crippen molar-refractivity contribution in [2.75, 3.05) is 18.1 Å². The molecule has 1 heterocycles. The van der Waals surface area contributed by atoms with Crippen molar-refractivity contribution in [2.45, 2.75) is 45.3 Å². The predicted octanol–water partition coefficient (Wildman–Crippen LogP) is 4.13. The van der Waals surface area contributed by atoms with E-state index in [9.17, 15) is 10.1 Å². The molecule has 0 saturated carbocycles. The van der Waals surface area contributed by atoms with E-state index >= 15 is 0 Å².